The number of esters is 1. The molecule has 0 fully saturated rings. The van der Waals surface area contributed by atoms with Crippen molar-refractivity contribution in [3.8, 4) is 6.07 Å². The molecule has 0 atom stereocenters. The van der Waals surface area contributed by atoms with E-state index < -0.39 is 0 Å². The van der Waals surface area contributed by atoms with E-state index in [4.69, 9.17) is 5.26 Å². The first kappa shape index (κ1) is 10.3. The summed E-state index contributed by atoms with van der Waals surface area (Å²) in [5.41, 5.74) is 2.29. The second-order valence-corrected chi connectivity index (χ2v) is 2.95. The summed E-state index contributed by atoms with van der Waals surface area (Å²) in [5, 5.41) is 8.77. The van der Waals surface area contributed by atoms with E-state index in [1.807, 2.05) is 13.0 Å². The van der Waals surface area contributed by atoms with Crippen LogP contribution in [0.3, 0.4) is 0 Å². The number of carbonyl (C=O) groups is 1. The van der Waals surface area contributed by atoms with Gasteiger partial charge in [0.1, 0.15) is 0 Å². The van der Waals surface area contributed by atoms with Crippen LogP contribution in [0.4, 0.5) is 0 Å². The lowest BCUT2D eigenvalue weighted by molar-refractivity contribution is -0.139. The fourth-order valence-corrected chi connectivity index (χ4v) is 1.22. The zero-order valence-electron chi connectivity index (χ0n) is 8.20. The molecule has 3 nitrogen and oxygen atoms in total. The predicted molar refractivity (Wildman–Crippen MR) is 51.6 cm³/mol. The van der Waals surface area contributed by atoms with Gasteiger partial charge in [0.15, 0.2) is 0 Å². The van der Waals surface area contributed by atoms with Crippen LogP contribution < -0.4 is 0 Å². The molecule has 0 aliphatic heterocycles. The van der Waals surface area contributed by atoms with Crippen LogP contribution in [-0.4, -0.2) is 13.1 Å². The van der Waals surface area contributed by atoms with Gasteiger partial charge in [0.25, 0.3) is 0 Å². The number of rotatable bonds is 2. The molecule has 0 aromatic heterocycles. The van der Waals surface area contributed by atoms with Crippen molar-refractivity contribution >= 4 is 5.97 Å². The standard InChI is InChI=1S/C11H11NO2/c1-8-9(6-11(13)14-2)4-3-5-10(8)7-12/h3-5H,6H2,1-2H3. The molecule has 0 spiro atoms. The van der Waals surface area contributed by atoms with Gasteiger partial charge >= 0.3 is 5.97 Å². The number of benzene rings is 1. The maximum absolute atomic E-state index is 11.0. The van der Waals surface area contributed by atoms with Gasteiger partial charge in [0.2, 0.25) is 0 Å². The molecule has 0 saturated carbocycles. The summed E-state index contributed by atoms with van der Waals surface area (Å²) in [4.78, 5) is 11.0. The molecule has 1 aromatic carbocycles. The van der Waals surface area contributed by atoms with E-state index in [0.717, 1.165) is 11.1 Å². The topological polar surface area (TPSA) is 50.1 Å². The fourth-order valence-electron chi connectivity index (χ4n) is 1.22. The van der Waals surface area contributed by atoms with E-state index in [1.54, 1.807) is 12.1 Å². The molecule has 1 rings (SSSR count). The molecule has 72 valence electrons. The van der Waals surface area contributed by atoms with Crippen molar-refractivity contribution in [2.45, 2.75) is 13.3 Å². The highest BCUT2D eigenvalue weighted by Crippen LogP contribution is 2.13. The monoisotopic (exact) mass is 189 g/mol. The molecule has 0 heterocycles. The summed E-state index contributed by atoms with van der Waals surface area (Å²) >= 11 is 0. The Bertz CT molecular complexity index is 391. The third-order valence-corrected chi connectivity index (χ3v) is 2.13. The number of methoxy groups -OCH3 is 1. The van der Waals surface area contributed by atoms with Crippen molar-refractivity contribution in [3.63, 3.8) is 0 Å². The van der Waals surface area contributed by atoms with Crippen LogP contribution in [0.15, 0.2) is 18.2 Å². The second kappa shape index (κ2) is 4.43. The van der Waals surface area contributed by atoms with Gasteiger partial charge in [-0.3, -0.25) is 4.79 Å². The lowest BCUT2D eigenvalue weighted by Gasteiger charge is -2.05. The summed E-state index contributed by atoms with van der Waals surface area (Å²) in [7, 11) is 1.35. The van der Waals surface area contributed by atoms with Crippen molar-refractivity contribution in [2.75, 3.05) is 7.11 Å². The van der Waals surface area contributed by atoms with Gasteiger partial charge in [0, 0.05) is 0 Å². The van der Waals surface area contributed by atoms with E-state index >= 15 is 0 Å². The van der Waals surface area contributed by atoms with Gasteiger partial charge in [0.05, 0.1) is 25.2 Å². The van der Waals surface area contributed by atoms with Crippen LogP contribution in [0.5, 0.6) is 0 Å². The normalized spacial score (nSPS) is 9.21. The van der Waals surface area contributed by atoms with Crippen molar-refractivity contribution < 1.29 is 9.53 Å². The summed E-state index contributed by atoms with van der Waals surface area (Å²) in [5.74, 6) is -0.289. The Balaban J connectivity index is 2.99. The molecule has 0 amide bonds. The maximum atomic E-state index is 11.0. The van der Waals surface area contributed by atoms with E-state index in [1.165, 1.54) is 7.11 Å². The Morgan fingerprint density at radius 2 is 2.29 bits per heavy atom. The highest BCUT2D eigenvalue weighted by molar-refractivity contribution is 5.73. The minimum absolute atomic E-state index is 0.220. The zero-order chi connectivity index (χ0) is 10.6. The number of ether oxygens (including phenoxy) is 1. The van der Waals surface area contributed by atoms with Crippen molar-refractivity contribution in [1.29, 1.82) is 5.26 Å². The van der Waals surface area contributed by atoms with E-state index in [9.17, 15) is 4.79 Å². The largest absolute Gasteiger partial charge is 0.469 e. The molecule has 1 aromatic rings. The average Bonchev–Trinajstić information content (AvgIpc) is 2.21. The van der Waals surface area contributed by atoms with Crippen LogP contribution >= 0.6 is 0 Å². The molecular weight excluding hydrogens is 178 g/mol. The van der Waals surface area contributed by atoms with E-state index in [0.29, 0.717) is 5.56 Å². The first-order chi connectivity index (χ1) is 6.69. The predicted octanol–water partition coefficient (Wildman–Crippen LogP) is 1.58. The number of carbonyl (C=O) groups excluding carboxylic acids is 1. The molecule has 14 heavy (non-hydrogen) atoms. The van der Waals surface area contributed by atoms with Gasteiger partial charge in [-0.05, 0) is 24.1 Å². The number of nitrogens with zero attached hydrogens (tertiary/aromatic N) is 1. The smallest absolute Gasteiger partial charge is 0.309 e. The molecule has 0 aliphatic carbocycles. The quantitative estimate of drug-likeness (QED) is 0.664. The first-order valence-corrected chi connectivity index (χ1v) is 4.24. The third kappa shape index (κ3) is 2.11. The van der Waals surface area contributed by atoms with E-state index in [-0.39, 0.29) is 12.4 Å². The van der Waals surface area contributed by atoms with Crippen molar-refractivity contribution in [3.05, 3.63) is 34.9 Å². The second-order valence-electron chi connectivity index (χ2n) is 2.95. The Labute approximate surface area is 82.9 Å². The molecule has 0 bridgehead atoms. The summed E-state index contributed by atoms with van der Waals surface area (Å²) in [6.45, 7) is 1.83. The molecule has 0 saturated heterocycles. The molecule has 0 radical (unpaired) electrons. The third-order valence-electron chi connectivity index (χ3n) is 2.13. The Kier molecular flexibility index (Phi) is 3.24. The fraction of sp³-hybridized carbons (Fsp3) is 0.273. The van der Waals surface area contributed by atoms with Crippen LogP contribution in [0.1, 0.15) is 16.7 Å². The van der Waals surface area contributed by atoms with Gasteiger partial charge in [-0.2, -0.15) is 5.26 Å². The van der Waals surface area contributed by atoms with Gasteiger partial charge in [-0.25, -0.2) is 0 Å². The molecule has 3 heteroatoms. The lowest BCUT2D eigenvalue weighted by Crippen LogP contribution is -2.06. The molecule has 0 N–H and O–H groups in total. The van der Waals surface area contributed by atoms with Gasteiger partial charge in [-0.1, -0.05) is 12.1 Å². The maximum Gasteiger partial charge on any atom is 0.309 e. The SMILES string of the molecule is COC(=O)Cc1cccc(C#N)c1C. The van der Waals surface area contributed by atoms with Crippen LogP contribution in [0.2, 0.25) is 0 Å². The average molecular weight is 189 g/mol. The molecule has 0 unspecified atom stereocenters. The molecular formula is C11H11NO2. The van der Waals surface area contributed by atoms with Crippen molar-refractivity contribution in [2.24, 2.45) is 0 Å². The highest BCUT2D eigenvalue weighted by atomic mass is 16.5. The first-order valence-electron chi connectivity index (χ1n) is 4.24. The number of nitriles is 1. The lowest BCUT2D eigenvalue weighted by atomic mass is 10.0. The van der Waals surface area contributed by atoms with Crippen LogP contribution in [0, 0.1) is 18.3 Å². The highest BCUT2D eigenvalue weighted by Gasteiger charge is 2.07. The van der Waals surface area contributed by atoms with Gasteiger partial charge in [-0.15, -0.1) is 0 Å². The molecule has 0 aliphatic rings. The number of hydrogen-bond acceptors (Lipinski definition) is 3. The van der Waals surface area contributed by atoms with Crippen LogP contribution in [0.25, 0.3) is 0 Å². The van der Waals surface area contributed by atoms with E-state index in [2.05, 4.69) is 10.8 Å². The summed E-state index contributed by atoms with van der Waals surface area (Å²) in [6.07, 6.45) is 0.220. The Morgan fingerprint density at radius 3 is 2.86 bits per heavy atom. The minimum Gasteiger partial charge on any atom is -0.469 e. The zero-order valence-corrected chi connectivity index (χ0v) is 8.20. The Morgan fingerprint density at radius 1 is 1.57 bits per heavy atom. The van der Waals surface area contributed by atoms with Gasteiger partial charge < -0.3 is 4.74 Å². The minimum atomic E-state index is -0.289. The summed E-state index contributed by atoms with van der Waals surface area (Å²) < 4.78 is 4.56. The number of hydrogen-bond donors (Lipinski definition) is 0. The van der Waals surface area contributed by atoms with Crippen LogP contribution in [-0.2, 0) is 16.0 Å². The summed E-state index contributed by atoms with van der Waals surface area (Å²) in [6, 6.07) is 7.40. The Hall–Kier alpha value is -1.82. The van der Waals surface area contributed by atoms with Crippen molar-refractivity contribution in [1.82, 2.24) is 0 Å².